The Morgan fingerprint density at radius 3 is 2.32 bits per heavy atom. The fourth-order valence-corrected chi connectivity index (χ4v) is 3.19. The summed E-state index contributed by atoms with van der Waals surface area (Å²) in [6.45, 7) is 6.44. The lowest BCUT2D eigenvalue weighted by Crippen LogP contribution is -2.24. The van der Waals surface area contributed by atoms with Crippen LogP contribution in [0.3, 0.4) is 0 Å². The fourth-order valence-electron chi connectivity index (χ4n) is 3.19. The number of hydrogen-bond acceptors (Lipinski definition) is 5. The molecule has 4 unspecified atom stereocenters. The second-order valence-electron chi connectivity index (χ2n) is 6.19. The van der Waals surface area contributed by atoms with Crippen LogP contribution in [0, 0.1) is 23.7 Å². The van der Waals surface area contributed by atoms with E-state index in [0.717, 1.165) is 18.8 Å². The summed E-state index contributed by atoms with van der Waals surface area (Å²) in [5.74, 6) is 1.48. The van der Waals surface area contributed by atoms with Crippen molar-refractivity contribution in [1.82, 2.24) is 0 Å². The maximum Gasteiger partial charge on any atom is 0.311 e. The van der Waals surface area contributed by atoms with E-state index in [4.69, 9.17) is 9.47 Å². The lowest BCUT2D eigenvalue weighted by atomic mass is 9.89. The first-order chi connectivity index (χ1) is 10.5. The summed E-state index contributed by atoms with van der Waals surface area (Å²) in [4.78, 5) is 22.1. The molecule has 0 spiro atoms. The van der Waals surface area contributed by atoms with E-state index in [2.05, 4.69) is 4.74 Å². The predicted octanol–water partition coefficient (Wildman–Crippen LogP) is 3.17. The molecule has 22 heavy (non-hydrogen) atoms. The minimum absolute atomic E-state index is 0.0364. The third kappa shape index (κ3) is 5.59. The molecule has 0 saturated heterocycles. The van der Waals surface area contributed by atoms with E-state index < -0.39 is 0 Å². The first kappa shape index (κ1) is 18.9. The van der Waals surface area contributed by atoms with Crippen LogP contribution >= 0.6 is 0 Å². The van der Waals surface area contributed by atoms with E-state index in [-0.39, 0.29) is 30.6 Å². The highest BCUT2D eigenvalue weighted by Crippen LogP contribution is 2.48. The Hall–Kier alpha value is -1.10. The molecule has 0 heterocycles. The van der Waals surface area contributed by atoms with Gasteiger partial charge in [-0.2, -0.15) is 0 Å². The molecule has 2 fully saturated rings. The molecule has 0 radical (unpaired) electrons. The monoisotopic (exact) mass is 314 g/mol. The van der Waals surface area contributed by atoms with Gasteiger partial charge < -0.3 is 14.2 Å². The van der Waals surface area contributed by atoms with E-state index in [1.807, 2.05) is 20.8 Å². The molecule has 0 aromatic carbocycles. The number of methoxy groups -OCH3 is 1. The minimum Gasteiger partial charge on any atom is -0.469 e. The zero-order chi connectivity index (χ0) is 16.5. The summed E-state index contributed by atoms with van der Waals surface area (Å²) in [6.07, 6.45) is 5.69. The quantitative estimate of drug-likeness (QED) is 0.428. The van der Waals surface area contributed by atoms with Crippen molar-refractivity contribution in [1.29, 1.82) is 0 Å². The van der Waals surface area contributed by atoms with Crippen LogP contribution in [0.4, 0.5) is 0 Å². The van der Waals surface area contributed by atoms with Gasteiger partial charge in [0.15, 0.2) is 6.79 Å². The highest BCUT2D eigenvalue weighted by atomic mass is 16.7. The molecule has 2 bridgehead atoms. The minimum atomic E-state index is -0.118. The molecule has 5 heteroatoms. The highest BCUT2D eigenvalue weighted by molar-refractivity contribution is 5.73. The third-order valence-corrected chi connectivity index (χ3v) is 4.75. The Labute approximate surface area is 133 Å². The molecule has 0 amide bonds. The van der Waals surface area contributed by atoms with Crippen molar-refractivity contribution in [3.63, 3.8) is 0 Å². The van der Waals surface area contributed by atoms with E-state index in [1.54, 1.807) is 0 Å². The van der Waals surface area contributed by atoms with Crippen LogP contribution in [-0.2, 0) is 23.8 Å². The molecule has 0 N–H and O–H groups in total. The van der Waals surface area contributed by atoms with Crippen LogP contribution in [-0.4, -0.2) is 32.4 Å². The molecule has 0 aromatic rings. The van der Waals surface area contributed by atoms with Gasteiger partial charge in [0.1, 0.15) is 0 Å². The molecular weight excluding hydrogens is 284 g/mol. The van der Waals surface area contributed by atoms with Crippen molar-refractivity contribution >= 4 is 11.9 Å². The molecule has 2 rings (SSSR count). The number of rotatable bonds is 6. The molecule has 2 aliphatic carbocycles. The van der Waals surface area contributed by atoms with Gasteiger partial charge in [-0.1, -0.05) is 20.3 Å². The SMILES string of the molecule is CCC(C)C(=O)OC.CCOCOC(=O)C1CC2CCC1C2. The number of fused-ring (bicyclic) bond motifs is 2. The summed E-state index contributed by atoms with van der Waals surface area (Å²) in [5.41, 5.74) is 0. The topological polar surface area (TPSA) is 61.8 Å². The van der Waals surface area contributed by atoms with Gasteiger partial charge in [0.05, 0.1) is 18.9 Å². The van der Waals surface area contributed by atoms with Crippen molar-refractivity contribution in [2.45, 2.75) is 52.9 Å². The van der Waals surface area contributed by atoms with Crippen LogP contribution in [0.25, 0.3) is 0 Å². The van der Waals surface area contributed by atoms with Crippen LogP contribution in [0.15, 0.2) is 0 Å². The Kier molecular flexibility index (Phi) is 8.46. The summed E-state index contributed by atoms with van der Waals surface area (Å²) in [5, 5.41) is 0. The van der Waals surface area contributed by atoms with Crippen molar-refractivity contribution in [2.75, 3.05) is 20.5 Å². The fraction of sp³-hybridized carbons (Fsp3) is 0.882. The van der Waals surface area contributed by atoms with Crippen molar-refractivity contribution < 1.29 is 23.8 Å². The molecule has 4 atom stereocenters. The van der Waals surface area contributed by atoms with Gasteiger partial charge in [-0.25, -0.2) is 0 Å². The lowest BCUT2D eigenvalue weighted by Gasteiger charge is -2.19. The van der Waals surface area contributed by atoms with Crippen molar-refractivity contribution in [2.24, 2.45) is 23.7 Å². The number of ether oxygens (including phenoxy) is 3. The summed E-state index contributed by atoms with van der Waals surface area (Å²) < 4.78 is 14.5. The van der Waals surface area contributed by atoms with Crippen molar-refractivity contribution in [3.05, 3.63) is 0 Å². The van der Waals surface area contributed by atoms with Gasteiger partial charge in [-0.15, -0.1) is 0 Å². The van der Waals surface area contributed by atoms with Crippen LogP contribution in [0.1, 0.15) is 52.9 Å². The molecule has 128 valence electrons. The van der Waals surface area contributed by atoms with Crippen molar-refractivity contribution in [3.8, 4) is 0 Å². The molecular formula is C17H30O5. The van der Waals surface area contributed by atoms with E-state index in [0.29, 0.717) is 12.5 Å². The van der Waals surface area contributed by atoms with Gasteiger partial charge >= 0.3 is 11.9 Å². The molecule has 2 aliphatic rings. The number of carbonyl (C=O) groups is 2. The zero-order valence-electron chi connectivity index (χ0n) is 14.3. The number of carbonyl (C=O) groups excluding carboxylic acids is 2. The van der Waals surface area contributed by atoms with Crippen LogP contribution in [0.2, 0.25) is 0 Å². The zero-order valence-corrected chi connectivity index (χ0v) is 14.3. The Morgan fingerprint density at radius 1 is 1.18 bits per heavy atom. The van der Waals surface area contributed by atoms with Gasteiger partial charge in [0.25, 0.3) is 0 Å². The summed E-state index contributed by atoms with van der Waals surface area (Å²) >= 11 is 0. The largest absolute Gasteiger partial charge is 0.469 e. The van der Waals surface area contributed by atoms with Crippen LogP contribution < -0.4 is 0 Å². The normalized spacial score (nSPS) is 26.8. The molecule has 0 aromatic heterocycles. The molecule has 2 saturated carbocycles. The maximum atomic E-state index is 11.6. The predicted molar refractivity (Wildman–Crippen MR) is 83.0 cm³/mol. The molecule has 0 aliphatic heterocycles. The van der Waals surface area contributed by atoms with Gasteiger partial charge in [0, 0.05) is 6.61 Å². The Morgan fingerprint density at radius 2 is 1.91 bits per heavy atom. The Bertz CT molecular complexity index is 355. The van der Waals surface area contributed by atoms with Gasteiger partial charge in [-0.3, -0.25) is 9.59 Å². The average molecular weight is 314 g/mol. The highest BCUT2D eigenvalue weighted by Gasteiger charge is 2.43. The van der Waals surface area contributed by atoms with Crippen LogP contribution in [0.5, 0.6) is 0 Å². The number of hydrogen-bond donors (Lipinski definition) is 0. The smallest absolute Gasteiger partial charge is 0.311 e. The van der Waals surface area contributed by atoms with E-state index >= 15 is 0 Å². The first-order valence-electron chi connectivity index (χ1n) is 8.35. The average Bonchev–Trinajstić information content (AvgIpc) is 3.17. The maximum absolute atomic E-state index is 11.6. The molecule has 5 nitrogen and oxygen atoms in total. The van der Waals surface area contributed by atoms with E-state index in [1.165, 1.54) is 26.4 Å². The lowest BCUT2D eigenvalue weighted by molar-refractivity contribution is -0.162. The second kappa shape index (κ2) is 9.82. The van der Waals surface area contributed by atoms with Gasteiger partial charge in [0.2, 0.25) is 0 Å². The standard InChI is InChI=1S/C11H18O3.C6H12O2/c1-2-13-7-14-11(12)10-6-8-3-4-9(10)5-8;1-4-5(2)6(7)8-3/h8-10H,2-7H2,1H3;5H,4H2,1-3H3. The second-order valence-corrected chi connectivity index (χ2v) is 6.19. The number of esters is 2. The summed E-state index contributed by atoms with van der Waals surface area (Å²) in [6, 6.07) is 0. The van der Waals surface area contributed by atoms with Gasteiger partial charge in [-0.05, 0) is 44.4 Å². The van der Waals surface area contributed by atoms with E-state index in [9.17, 15) is 9.59 Å². The summed E-state index contributed by atoms with van der Waals surface area (Å²) in [7, 11) is 1.41. The Balaban J connectivity index is 0.000000261. The third-order valence-electron chi connectivity index (χ3n) is 4.75. The first-order valence-corrected chi connectivity index (χ1v) is 8.35.